The molecule has 2 N–H and O–H groups in total. The highest BCUT2D eigenvalue weighted by atomic mass is 14.9. The van der Waals surface area contributed by atoms with E-state index in [1.54, 1.807) is 0 Å². The van der Waals surface area contributed by atoms with Gasteiger partial charge in [-0.3, -0.25) is 0 Å². The summed E-state index contributed by atoms with van der Waals surface area (Å²) in [5.41, 5.74) is 4.36. The Morgan fingerprint density at radius 2 is 2.11 bits per heavy atom. The van der Waals surface area contributed by atoms with E-state index in [1.807, 2.05) is 0 Å². The summed E-state index contributed by atoms with van der Waals surface area (Å²) in [5, 5.41) is 7.12. The van der Waals surface area contributed by atoms with E-state index in [-0.39, 0.29) is 0 Å². The molecule has 100 valence electrons. The van der Waals surface area contributed by atoms with E-state index in [0.29, 0.717) is 0 Å². The van der Waals surface area contributed by atoms with Crippen molar-refractivity contribution in [2.75, 3.05) is 18.4 Å². The van der Waals surface area contributed by atoms with Gasteiger partial charge in [-0.25, -0.2) is 0 Å². The lowest BCUT2D eigenvalue weighted by atomic mass is 9.97. The molecular weight excluding hydrogens is 220 g/mol. The molecule has 0 fully saturated rings. The summed E-state index contributed by atoms with van der Waals surface area (Å²) in [5.74, 6) is 0.822. The lowest BCUT2D eigenvalue weighted by molar-refractivity contribution is 0.449. The van der Waals surface area contributed by atoms with E-state index >= 15 is 0 Å². The minimum atomic E-state index is 0.822. The molecule has 0 bridgehead atoms. The van der Waals surface area contributed by atoms with Crippen molar-refractivity contribution >= 4 is 5.69 Å². The summed E-state index contributed by atoms with van der Waals surface area (Å²) in [6, 6.07) is 6.65. The van der Waals surface area contributed by atoms with Crippen LogP contribution in [0.1, 0.15) is 44.2 Å². The Labute approximate surface area is 111 Å². The molecule has 18 heavy (non-hydrogen) atoms. The lowest BCUT2D eigenvalue weighted by Gasteiger charge is -2.21. The van der Waals surface area contributed by atoms with E-state index in [1.165, 1.54) is 42.5 Å². The van der Waals surface area contributed by atoms with E-state index in [0.717, 1.165) is 25.6 Å². The Kier molecular flexibility index (Phi) is 5.06. The largest absolute Gasteiger partial charge is 0.385 e. The predicted molar refractivity (Wildman–Crippen MR) is 79.0 cm³/mol. The zero-order chi connectivity index (χ0) is 12.8. The predicted octanol–water partition coefficient (Wildman–Crippen LogP) is 3.57. The van der Waals surface area contributed by atoms with Crippen LogP contribution in [0.15, 0.2) is 18.2 Å². The second-order valence-electron chi connectivity index (χ2n) is 5.29. The summed E-state index contributed by atoms with van der Waals surface area (Å²) in [6.45, 7) is 7.84. The van der Waals surface area contributed by atoms with Crippen LogP contribution < -0.4 is 10.6 Å². The maximum atomic E-state index is 3.63. The summed E-state index contributed by atoms with van der Waals surface area (Å²) in [4.78, 5) is 0. The molecular formula is C16H26N2. The van der Waals surface area contributed by atoms with Crippen molar-refractivity contribution in [1.82, 2.24) is 5.32 Å². The van der Waals surface area contributed by atoms with Crippen molar-refractivity contribution in [1.29, 1.82) is 0 Å². The van der Waals surface area contributed by atoms with Crippen LogP contribution in [0.5, 0.6) is 0 Å². The zero-order valence-corrected chi connectivity index (χ0v) is 11.8. The molecule has 0 atom stereocenters. The van der Waals surface area contributed by atoms with E-state index in [2.05, 4.69) is 42.7 Å². The van der Waals surface area contributed by atoms with Gasteiger partial charge in [-0.1, -0.05) is 38.8 Å². The summed E-state index contributed by atoms with van der Waals surface area (Å²) in [6.07, 6.45) is 5.04. The van der Waals surface area contributed by atoms with Crippen LogP contribution in [-0.4, -0.2) is 13.1 Å². The van der Waals surface area contributed by atoms with Crippen molar-refractivity contribution in [2.24, 2.45) is 5.92 Å². The number of nitrogens with one attached hydrogen (secondary N) is 2. The molecule has 0 amide bonds. The number of fused-ring (bicyclic) bond motifs is 1. The molecule has 1 heterocycles. The first kappa shape index (κ1) is 13.4. The Bertz CT molecular complexity index is 369. The van der Waals surface area contributed by atoms with Gasteiger partial charge in [0, 0.05) is 18.8 Å². The van der Waals surface area contributed by atoms with Crippen LogP contribution in [0.2, 0.25) is 0 Å². The van der Waals surface area contributed by atoms with Gasteiger partial charge >= 0.3 is 0 Å². The summed E-state index contributed by atoms with van der Waals surface area (Å²) >= 11 is 0. The summed E-state index contributed by atoms with van der Waals surface area (Å²) in [7, 11) is 0. The van der Waals surface area contributed by atoms with Crippen LogP contribution in [0, 0.1) is 5.92 Å². The van der Waals surface area contributed by atoms with Crippen LogP contribution in [0.25, 0.3) is 0 Å². The molecule has 2 rings (SSSR count). The molecule has 1 aliphatic heterocycles. The van der Waals surface area contributed by atoms with Crippen LogP contribution in [-0.2, 0) is 13.0 Å². The van der Waals surface area contributed by atoms with Crippen molar-refractivity contribution in [3.8, 4) is 0 Å². The average Bonchev–Trinajstić information content (AvgIpc) is 2.44. The number of benzene rings is 1. The topological polar surface area (TPSA) is 24.1 Å². The van der Waals surface area contributed by atoms with Gasteiger partial charge < -0.3 is 10.6 Å². The quantitative estimate of drug-likeness (QED) is 0.802. The normalized spacial score (nSPS) is 14.4. The molecule has 2 heteroatoms. The van der Waals surface area contributed by atoms with E-state index in [4.69, 9.17) is 0 Å². The minimum absolute atomic E-state index is 0.822. The monoisotopic (exact) mass is 246 g/mol. The molecule has 0 radical (unpaired) electrons. The number of rotatable bonds is 6. The van der Waals surface area contributed by atoms with Gasteiger partial charge in [0.1, 0.15) is 0 Å². The Hall–Kier alpha value is -1.02. The third-order valence-corrected chi connectivity index (χ3v) is 4.10. The molecule has 0 aliphatic carbocycles. The highest BCUT2D eigenvalue weighted by Gasteiger charge is 2.12. The Morgan fingerprint density at radius 1 is 1.28 bits per heavy atom. The fourth-order valence-corrected chi connectivity index (χ4v) is 2.74. The standard InChI is InChI=1S/C16H26N2/c1-3-13(4-2)11-17-12-14-7-5-9-16-15(14)8-6-10-18-16/h5,7,9,13,17-18H,3-4,6,8,10-12H2,1-2H3. The molecule has 0 saturated carbocycles. The molecule has 0 saturated heterocycles. The van der Waals surface area contributed by atoms with Gasteiger partial charge in [0.05, 0.1) is 0 Å². The van der Waals surface area contributed by atoms with Crippen LogP contribution in [0.4, 0.5) is 5.69 Å². The first-order chi connectivity index (χ1) is 8.85. The Morgan fingerprint density at radius 3 is 2.89 bits per heavy atom. The molecule has 1 aliphatic rings. The van der Waals surface area contributed by atoms with Gasteiger partial charge in [-0.15, -0.1) is 0 Å². The molecule has 0 spiro atoms. The Balaban J connectivity index is 1.93. The molecule has 0 unspecified atom stereocenters. The van der Waals surface area contributed by atoms with Gasteiger partial charge in [0.2, 0.25) is 0 Å². The molecule has 1 aromatic carbocycles. The maximum absolute atomic E-state index is 3.63. The highest BCUT2D eigenvalue weighted by Crippen LogP contribution is 2.25. The number of hydrogen-bond donors (Lipinski definition) is 2. The van der Waals surface area contributed by atoms with E-state index in [9.17, 15) is 0 Å². The van der Waals surface area contributed by atoms with Crippen LogP contribution >= 0.6 is 0 Å². The van der Waals surface area contributed by atoms with Gasteiger partial charge in [0.15, 0.2) is 0 Å². The fraction of sp³-hybridized carbons (Fsp3) is 0.625. The second kappa shape index (κ2) is 6.79. The summed E-state index contributed by atoms with van der Waals surface area (Å²) < 4.78 is 0. The van der Waals surface area contributed by atoms with Crippen LogP contribution in [0.3, 0.4) is 0 Å². The van der Waals surface area contributed by atoms with Crippen molar-refractivity contribution < 1.29 is 0 Å². The fourth-order valence-electron chi connectivity index (χ4n) is 2.74. The van der Waals surface area contributed by atoms with E-state index < -0.39 is 0 Å². The third kappa shape index (κ3) is 3.26. The van der Waals surface area contributed by atoms with Crippen molar-refractivity contribution in [2.45, 2.75) is 46.1 Å². The zero-order valence-electron chi connectivity index (χ0n) is 11.8. The molecule has 1 aromatic rings. The van der Waals surface area contributed by atoms with Gasteiger partial charge in [-0.2, -0.15) is 0 Å². The maximum Gasteiger partial charge on any atom is 0.0375 e. The second-order valence-corrected chi connectivity index (χ2v) is 5.29. The molecule has 0 aromatic heterocycles. The highest BCUT2D eigenvalue weighted by molar-refractivity contribution is 5.56. The first-order valence-electron chi connectivity index (χ1n) is 7.40. The minimum Gasteiger partial charge on any atom is -0.385 e. The molecule has 2 nitrogen and oxygen atoms in total. The average molecular weight is 246 g/mol. The number of anilines is 1. The first-order valence-corrected chi connectivity index (χ1v) is 7.40. The third-order valence-electron chi connectivity index (χ3n) is 4.10. The smallest absolute Gasteiger partial charge is 0.0375 e. The van der Waals surface area contributed by atoms with Gasteiger partial charge in [-0.05, 0) is 42.5 Å². The van der Waals surface area contributed by atoms with Crippen molar-refractivity contribution in [3.63, 3.8) is 0 Å². The number of hydrogen-bond acceptors (Lipinski definition) is 2. The SMILES string of the molecule is CCC(CC)CNCc1cccc2c1CCCN2. The van der Waals surface area contributed by atoms with Crippen molar-refractivity contribution in [3.05, 3.63) is 29.3 Å². The lowest BCUT2D eigenvalue weighted by Crippen LogP contribution is -2.23. The van der Waals surface area contributed by atoms with Gasteiger partial charge in [0.25, 0.3) is 0 Å².